The van der Waals surface area contributed by atoms with Crippen LogP contribution in [0.1, 0.15) is 22.9 Å². The second-order valence-electron chi connectivity index (χ2n) is 7.26. The highest BCUT2D eigenvalue weighted by Gasteiger charge is 2.13. The van der Waals surface area contributed by atoms with Crippen molar-refractivity contribution in [2.75, 3.05) is 30.7 Å². The molecule has 0 saturated carbocycles. The first kappa shape index (κ1) is 22.1. The second kappa shape index (κ2) is 9.03. The highest BCUT2D eigenvalue weighted by Crippen LogP contribution is 2.25. The fourth-order valence-corrected chi connectivity index (χ4v) is 3.72. The third kappa shape index (κ3) is 5.50. The fraction of sp³-hybridized carbons (Fsp3) is 0.333. The average Bonchev–Trinajstić information content (AvgIpc) is 2.95. The molecule has 0 aliphatic heterocycles. The van der Waals surface area contributed by atoms with Crippen LogP contribution in [0, 0.1) is 19.7 Å². The van der Waals surface area contributed by atoms with Crippen molar-refractivity contribution in [3.63, 3.8) is 0 Å². The van der Waals surface area contributed by atoms with E-state index in [1.165, 1.54) is 23.1 Å². The maximum absolute atomic E-state index is 13.8. The molecule has 0 bridgehead atoms. The summed E-state index contributed by atoms with van der Waals surface area (Å²) in [6, 6.07) is 9.73. The molecule has 0 fully saturated rings. The van der Waals surface area contributed by atoms with Crippen molar-refractivity contribution in [1.29, 1.82) is 0 Å². The van der Waals surface area contributed by atoms with E-state index in [4.69, 9.17) is 4.74 Å². The Bertz CT molecular complexity index is 1140. The molecule has 3 aromatic rings. The Morgan fingerprint density at radius 1 is 1.20 bits per heavy atom. The number of aromatic nitrogens is 1. The molecule has 0 unspecified atom stereocenters. The lowest BCUT2D eigenvalue weighted by atomic mass is 10.1. The number of anilines is 1. The van der Waals surface area contributed by atoms with Crippen molar-refractivity contribution in [2.24, 2.45) is 0 Å². The Labute approximate surface area is 175 Å². The number of hydrogen-bond acceptors (Lipinski definition) is 5. The van der Waals surface area contributed by atoms with Gasteiger partial charge in [-0.1, -0.05) is 6.07 Å². The van der Waals surface area contributed by atoms with E-state index in [0.717, 1.165) is 29.3 Å². The van der Waals surface area contributed by atoms with Gasteiger partial charge in [0.1, 0.15) is 18.2 Å². The Morgan fingerprint density at radius 3 is 2.70 bits per heavy atom. The van der Waals surface area contributed by atoms with Crippen LogP contribution in [0.2, 0.25) is 0 Å². The highest BCUT2D eigenvalue weighted by molar-refractivity contribution is 7.92. The maximum atomic E-state index is 13.8. The van der Waals surface area contributed by atoms with Crippen LogP contribution in [-0.4, -0.2) is 44.5 Å². The largest absolute Gasteiger partial charge is 0.492 e. The van der Waals surface area contributed by atoms with Gasteiger partial charge in [0, 0.05) is 35.8 Å². The molecule has 4 N–H and O–H groups in total. The van der Waals surface area contributed by atoms with Gasteiger partial charge in [0.2, 0.25) is 10.0 Å². The van der Waals surface area contributed by atoms with Crippen LogP contribution in [0.4, 0.5) is 10.1 Å². The van der Waals surface area contributed by atoms with Gasteiger partial charge in [-0.25, -0.2) is 12.8 Å². The van der Waals surface area contributed by atoms with E-state index in [1.807, 2.05) is 25.1 Å². The van der Waals surface area contributed by atoms with Crippen LogP contribution < -0.4 is 14.8 Å². The molecule has 0 saturated heterocycles. The van der Waals surface area contributed by atoms with Crippen molar-refractivity contribution < 1.29 is 22.7 Å². The van der Waals surface area contributed by atoms with E-state index in [2.05, 4.69) is 21.9 Å². The predicted molar refractivity (Wildman–Crippen MR) is 116 cm³/mol. The number of fused-ring (bicyclic) bond motifs is 1. The molecular weight excluding hydrogens is 409 g/mol. The van der Waals surface area contributed by atoms with Crippen LogP contribution in [0.15, 0.2) is 36.4 Å². The Morgan fingerprint density at radius 2 is 1.97 bits per heavy atom. The molecular formula is C21H26FN3O4S. The van der Waals surface area contributed by atoms with E-state index in [1.54, 1.807) is 0 Å². The van der Waals surface area contributed by atoms with E-state index < -0.39 is 21.9 Å². The molecule has 30 heavy (non-hydrogen) atoms. The number of ether oxygens (including phenoxy) is 1. The predicted octanol–water partition coefficient (Wildman–Crippen LogP) is 3.00. The van der Waals surface area contributed by atoms with Gasteiger partial charge in [-0.2, -0.15) is 0 Å². The van der Waals surface area contributed by atoms with E-state index in [-0.39, 0.29) is 12.2 Å². The number of sulfonamides is 1. The summed E-state index contributed by atoms with van der Waals surface area (Å²) in [6.07, 6.45) is 0.0134. The number of benzene rings is 2. The number of halogens is 1. The van der Waals surface area contributed by atoms with Gasteiger partial charge < -0.3 is 20.1 Å². The minimum atomic E-state index is -3.61. The van der Waals surface area contributed by atoms with Crippen LogP contribution in [-0.2, 0) is 10.0 Å². The van der Waals surface area contributed by atoms with Crippen molar-refractivity contribution in [3.05, 3.63) is 59.0 Å². The quantitative estimate of drug-likeness (QED) is 0.387. The normalized spacial score (nSPS) is 12.8. The molecule has 0 radical (unpaired) electrons. The number of aliphatic hydroxyl groups is 1. The number of hydrogen-bond donors (Lipinski definition) is 4. The first-order valence-electron chi connectivity index (χ1n) is 9.52. The van der Waals surface area contributed by atoms with Crippen molar-refractivity contribution in [2.45, 2.75) is 20.0 Å². The zero-order valence-corrected chi connectivity index (χ0v) is 17.9. The third-order valence-electron chi connectivity index (χ3n) is 4.84. The SMILES string of the molecule is Cc1[nH]c2cc(OCCNC[C@H](O)c3ccc(F)c(NS(C)(=O)=O)c3)ccc2c1C. The summed E-state index contributed by atoms with van der Waals surface area (Å²) in [5.74, 6) is 0.0447. The topological polar surface area (TPSA) is 103 Å². The van der Waals surface area contributed by atoms with Crippen molar-refractivity contribution >= 4 is 26.6 Å². The lowest BCUT2D eigenvalue weighted by Crippen LogP contribution is -2.26. The van der Waals surface area contributed by atoms with Crippen LogP contribution in [0.5, 0.6) is 5.75 Å². The summed E-state index contributed by atoms with van der Waals surface area (Å²) < 4.78 is 44.2. The summed E-state index contributed by atoms with van der Waals surface area (Å²) in [7, 11) is -3.61. The minimum Gasteiger partial charge on any atom is -0.492 e. The molecule has 0 spiro atoms. The van der Waals surface area contributed by atoms with Gasteiger partial charge in [0.15, 0.2) is 0 Å². The van der Waals surface area contributed by atoms with Gasteiger partial charge in [-0.3, -0.25) is 4.72 Å². The van der Waals surface area contributed by atoms with Crippen LogP contribution >= 0.6 is 0 Å². The molecule has 0 amide bonds. The summed E-state index contributed by atoms with van der Waals surface area (Å²) in [4.78, 5) is 3.33. The molecule has 0 aliphatic rings. The van der Waals surface area contributed by atoms with Gasteiger partial charge in [-0.15, -0.1) is 0 Å². The molecule has 2 aromatic carbocycles. The van der Waals surface area contributed by atoms with Gasteiger partial charge >= 0.3 is 0 Å². The summed E-state index contributed by atoms with van der Waals surface area (Å²) in [6.45, 7) is 5.22. The van der Waals surface area contributed by atoms with Crippen molar-refractivity contribution in [1.82, 2.24) is 10.3 Å². The zero-order chi connectivity index (χ0) is 21.9. The monoisotopic (exact) mass is 435 g/mol. The fourth-order valence-electron chi connectivity index (χ4n) is 3.17. The number of rotatable bonds is 9. The van der Waals surface area contributed by atoms with Gasteiger partial charge in [0.05, 0.1) is 18.0 Å². The molecule has 162 valence electrons. The number of aryl methyl sites for hydroxylation is 2. The van der Waals surface area contributed by atoms with Gasteiger partial charge in [0.25, 0.3) is 0 Å². The second-order valence-corrected chi connectivity index (χ2v) is 9.01. The molecule has 9 heteroatoms. The minimum absolute atomic E-state index is 0.192. The maximum Gasteiger partial charge on any atom is 0.229 e. The summed E-state index contributed by atoms with van der Waals surface area (Å²) in [5.41, 5.74) is 3.60. The van der Waals surface area contributed by atoms with E-state index in [9.17, 15) is 17.9 Å². The standard InChI is InChI=1S/C21H26FN3O4S/c1-13-14(2)24-19-11-16(5-6-17(13)19)29-9-8-23-12-21(26)15-4-7-18(22)20(10-15)25-30(3,27)28/h4-7,10-11,21,23-26H,8-9,12H2,1-3H3/t21-/m0/s1. The number of H-pyrrole nitrogens is 1. The third-order valence-corrected chi connectivity index (χ3v) is 5.43. The van der Waals surface area contributed by atoms with Gasteiger partial charge in [-0.05, 0) is 49.2 Å². The molecule has 1 heterocycles. The number of nitrogens with one attached hydrogen (secondary N) is 3. The Balaban J connectivity index is 1.49. The molecule has 3 rings (SSSR count). The first-order valence-corrected chi connectivity index (χ1v) is 11.4. The molecule has 7 nitrogen and oxygen atoms in total. The van der Waals surface area contributed by atoms with Crippen LogP contribution in [0.25, 0.3) is 10.9 Å². The Hall–Kier alpha value is -2.62. The highest BCUT2D eigenvalue weighted by atomic mass is 32.2. The molecule has 1 atom stereocenters. The summed E-state index contributed by atoms with van der Waals surface area (Å²) in [5, 5.41) is 14.5. The number of aromatic amines is 1. The molecule has 0 aliphatic carbocycles. The van der Waals surface area contributed by atoms with Crippen LogP contribution in [0.3, 0.4) is 0 Å². The lowest BCUT2D eigenvalue weighted by Gasteiger charge is -2.14. The lowest BCUT2D eigenvalue weighted by molar-refractivity contribution is 0.172. The zero-order valence-electron chi connectivity index (χ0n) is 17.1. The Kier molecular flexibility index (Phi) is 6.64. The van der Waals surface area contributed by atoms with E-state index in [0.29, 0.717) is 18.7 Å². The smallest absolute Gasteiger partial charge is 0.229 e. The first-order chi connectivity index (χ1) is 14.1. The average molecular weight is 436 g/mol. The summed E-state index contributed by atoms with van der Waals surface area (Å²) >= 11 is 0. The van der Waals surface area contributed by atoms with E-state index >= 15 is 0 Å². The van der Waals surface area contributed by atoms with Crippen molar-refractivity contribution in [3.8, 4) is 5.75 Å². The number of aliphatic hydroxyl groups excluding tert-OH is 1. The molecule has 1 aromatic heterocycles.